The molecule has 1 aromatic heterocycles. The number of hydrogen-bond acceptors (Lipinski definition) is 4. The molecule has 1 heterocycles. The van der Waals surface area contributed by atoms with Crippen molar-refractivity contribution in [3.8, 4) is 0 Å². The maximum atomic E-state index is 14.0. The lowest BCUT2D eigenvalue weighted by Crippen LogP contribution is -2.30. The summed E-state index contributed by atoms with van der Waals surface area (Å²) in [6.45, 7) is 2.00. The zero-order valence-electron chi connectivity index (χ0n) is 25.2. The number of aromatic nitrogens is 1. The Morgan fingerprint density at radius 3 is 2.02 bits per heavy atom. The lowest BCUT2D eigenvalue weighted by molar-refractivity contribution is -0.113. The van der Waals surface area contributed by atoms with Crippen molar-refractivity contribution in [2.75, 3.05) is 5.32 Å². The maximum Gasteiger partial charge on any atom is 0.272 e. The number of benzene rings is 5. The molecule has 6 rings (SSSR count). The summed E-state index contributed by atoms with van der Waals surface area (Å²) in [5.41, 5.74) is 3.15. The predicted octanol–water partition coefficient (Wildman–Crippen LogP) is 9.72. The second-order valence-corrected chi connectivity index (χ2v) is 12.8. The van der Waals surface area contributed by atoms with E-state index in [1.807, 2.05) is 72.2 Å². The van der Waals surface area contributed by atoms with Crippen LogP contribution < -0.4 is 10.6 Å². The van der Waals surface area contributed by atoms with Crippen molar-refractivity contribution in [1.82, 2.24) is 9.88 Å². The fraction of sp³-hybridized carbons (Fsp3) is 0.0789. The minimum absolute atomic E-state index is 0.00992. The molecule has 0 aliphatic carbocycles. The molecule has 47 heavy (non-hydrogen) atoms. The Kier molecular flexibility index (Phi) is 9.78. The van der Waals surface area contributed by atoms with Gasteiger partial charge >= 0.3 is 0 Å². The third-order valence-corrected chi connectivity index (χ3v) is 9.84. The highest BCUT2D eigenvalue weighted by atomic mass is 35.5. The van der Waals surface area contributed by atoms with E-state index in [4.69, 9.17) is 23.2 Å². The Morgan fingerprint density at radius 2 is 1.38 bits per heavy atom. The van der Waals surface area contributed by atoms with Crippen LogP contribution in [0.2, 0.25) is 10.0 Å². The predicted molar refractivity (Wildman–Crippen MR) is 193 cm³/mol. The Labute approximate surface area is 286 Å². The molecule has 1 atom stereocenters. The summed E-state index contributed by atoms with van der Waals surface area (Å²) >= 11 is 14.1. The molecule has 0 spiro atoms. The molecule has 5 aromatic carbocycles. The molecule has 6 aromatic rings. The SMILES string of the molecule is CCC(Sc1ccc(NC(=O)/C(=C/c2cccc(Cl)c2Cl)NC(=O)c2ccccc2)cc1)C(=O)n1c2ccccc2c2ccccc21. The Bertz CT molecular complexity index is 2090. The van der Waals surface area contributed by atoms with Crippen molar-refractivity contribution in [1.29, 1.82) is 0 Å². The third kappa shape index (κ3) is 6.98. The Balaban J connectivity index is 1.21. The Morgan fingerprint density at radius 1 is 0.766 bits per heavy atom. The van der Waals surface area contributed by atoms with Gasteiger partial charge in [-0.25, -0.2) is 0 Å². The lowest BCUT2D eigenvalue weighted by atomic mass is 10.1. The minimum Gasteiger partial charge on any atom is -0.321 e. The van der Waals surface area contributed by atoms with Crippen LogP contribution in [-0.2, 0) is 4.79 Å². The number of carbonyl (C=O) groups excluding carboxylic acids is 3. The van der Waals surface area contributed by atoms with Gasteiger partial charge in [-0.1, -0.05) is 96.9 Å². The zero-order chi connectivity index (χ0) is 32.9. The molecule has 0 saturated heterocycles. The number of rotatable bonds is 9. The highest BCUT2D eigenvalue weighted by Crippen LogP contribution is 2.33. The van der Waals surface area contributed by atoms with Gasteiger partial charge in [-0.3, -0.25) is 19.0 Å². The quantitative estimate of drug-likeness (QED) is 0.118. The van der Waals surface area contributed by atoms with Crippen LogP contribution in [0.5, 0.6) is 0 Å². The van der Waals surface area contributed by atoms with Gasteiger partial charge in [-0.15, -0.1) is 11.8 Å². The molecule has 2 amide bonds. The van der Waals surface area contributed by atoms with Crippen molar-refractivity contribution in [3.63, 3.8) is 0 Å². The summed E-state index contributed by atoms with van der Waals surface area (Å²) in [4.78, 5) is 41.3. The number of thioether (sulfide) groups is 1. The van der Waals surface area contributed by atoms with Gasteiger partial charge in [0.25, 0.3) is 11.8 Å². The highest BCUT2D eigenvalue weighted by molar-refractivity contribution is 8.00. The van der Waals surface area contributed by atoms with Crippen LogP contribution >= 0.6 is 35.0 Å². The van der Waals surface area contributed by atoms with Gasteiger partial charge in [0, 0.05) is 26.9 Å². The van der Waals surface area contributed by atoms with E-state index in [0.717, 1.165) is 26.7 Å². The minimum atomic E-state index is -0.543. The number of fused-ring (bicyclic) bond motifs is 3. The molecule has 2 N–H and O–H groups in total. The smallest absolute Gasteiger partial charge is 0.272 e. The van der Waals surface area contributed by atoms with Gasteiger partial charge in [-0.05, 0) is 72.7 Å². The Hall–Kier alpha value is -4.82. The molecule has 9 heteroatoms. The number of nitrogens with one attached hydrogen (secondary N) is 2. The summed E-state index contributed by atoms with van der Waals surface area (Å²) in [5.74, 6) is -0.981. The van der Waals surface area contributed by atoms with Crippen molar-refractivity contribution in [3.05, 3.63) is 148 Å². The topological polar surface area (TPSA) is 80.2 Å². The number of nitrogens with zero attached hydrogens (tertiary/aromatic N) is 1. The van der Waals surface area contributed by atoms with Crippen LogP contribution in [0.4, 0.5) is 5.69 Å². The van der Waals surface area contributed by atoms with Gasteiger partial charge in [0.15, 0.2) is 0 Å². The molecule has 6 nitrogen and oxygen atoms in total. The van der Waals surface area contributed by atoms with Crippen LogP contribution in [0, 0.1) is 0 Å². The van der Waals surface area contributed by atoms with Crippen LogP contribution in [0.25, 0.3) is 27.9 Å². The van der Waals surface area contributed by atoms with E-state index in [-0.39, 0.29) is 21.9 Å². The molecule has 0 aliphatic rings. The average molecular weight is 679 g/mol. The maximum absolute atomic E-state index is 14.0. The second kappa shape index (κ2) is 14.3. The molecule has 0 fully saturated rings. The van der Waals surface area contributed by atoms with Gasteiger partial charge in [0.2, 0.25) is 5.91 Å². The van der Waals surface area contributed by atoms with Gasteiger partial charge in [0.05, 0.1) is 26.3 Å². The van der Waals surface area contributed by atoms with E-state index < -0.39 is 11.8 Å². The largest absolute Gasteiger partial charge is 0.321 e. The average Bonchev–Trinajstić information content (AvgIpc) is 3.44. The molecule has 0 radical (unpaired) electrons. The van der Waals surface area contributed by atoms with E-state index in [0.29, 0.717) is 28.3 Å². The normalized spacial score (nSPS) is 12.2. The van der Waals surface area contributed by atoms with Crippen LogP contribution in [0.15, 0.2) is 132 Å². The first kappa shape index (κ1) is 32.1. The van der Waals surface area contributed by atoms with Crippen LogP contribution in [0.3, 0.4) is 0 Å². The molecule has 1 unspecified atom stereocenters. The molecule has 0 bridgehead atoms. The third-order valence-electron chi connectivity index (χ3n) is 7.65. The first-order valence-electron chi connectivity index (χ1n) is 15.0. The van der Waals surface area contributed by atoms with Gasteiger partial charge in [-0.2, -0.15) is 0 Å². The molecular formula is C38H29Cl2N3O3S. The van der Waals surface area contributed by atoms with E-state index in [1.165, 1.54) is 17.8 Å². The first-order valence-corrected chi connectivity index (χ1v) is 16.6. The molecule has 0 saturated carbocycles. The summed E-state index contributed by atoms with van der Waals surface area (Å²) in [5, 5.41) is 7.90. The monoisotopic (exact) mass is 677 g/mol. The summed E-state index contributed by atoms with van der Waals surface area (Å²) in [6.07, 6.45) is 2.12. The number of para-hydroxylation sites is 2. The van der Waals surface area contributed by atoms with E-state index >= 15 is 0 Å². The first-order chi connectivity index (χ1) is 22.8. The van der Waals surface area contributed by atoms with Crippen LogP contribution in [0.1, 0.15) is 34.1 Å². The van der Waals surface area contributed by atoms with Crippen molar-refractivity contribution in [2.45, 2.75) is 23.5 Å². The number of hydrogen-bond donors (Lipinski definition) is 2. The van der Waals surface area contributed by atoms with Crippen molar-refractivity contribution < 1.29 is 14.4 Å². The van der Waals surface area contributed by atoms with E-state index in [9.17, 15) is 14.4 Å². The molecular weight excluding hydrogens is 649 g/mol. The second-order valence-electron chi connectivity index (χ2n) is 10.7. The lowest BCUT2D eigenvalue weighted by Gasteiger charge is -2.16. The number of amides is 2. The zero-order valence-corrected chi connectivity index (χ0v) is 27.6. The summed E-state index contributed by atoms with van der Waals surface area (Å²) < 4.78 is 1.82. The number of anilines is 1. The van der Waals surface area contributed by atoms with E-state index in [2.05, 4.69) is 10.6 Å². The molecule has 0 aliphatic heterocycles. The van der Waals surface area contributed by atoms with Crippen molar-refractivity contribution >= 4 is 86.3 Å². The van der Waals surface area contributed by atoms with Crippen molar-refractivity contribution in [2.24, 2.45) is 0 Å². The number of halogens is 2. The standard InChI is InChI=1S/C38H29Cl2N3O3S/c1-2-34(38(46)43-32-17-8-6-14-28(32)29-15-7-9-18-33(29)43)47-27-21-19-26(20-22-27)41-37(45)31(23-25-13-10-16-30(39)35(25)40)42-36(44)24-11-4-3-5-12-24/h3-23,34H,2H2,1H3,(H,41,45)(H,42,44)/b31-23-. The summed E-state index contributed by atoms with van der Waals surface area (Å²) in [7, 11) is 0. The fourth-order valence-electron chi connectivity index (χ4n) is 5.32. The molecule has 234 valence electrons. The summed E-state index contributed by atoms with van der Waals surface area (Å²) in [6, 6.07) is 36.8. The fourth-order valence-corrected chi connectivity index (χ4v) is 6.68. The number of carbonyl (C=O) groups is 3. The van der Waals surface area contributed by atoms with E-state index in [1.54, 1.807) is 60.7 Å². The highest BCUT2D eigenvalue weighted by Gasteiger charge is 2.24. The van der Waals surface area contributed by atoms with Gasteiger partial charge < -0.3 is 10.6 Å². The van der Waals surface area contributed by atoms with Crippen LogP contribution in [-0.4, -0.2) is 27.5 Å². The van der Waals surface area contributed by atoms with Gasteiger partial charge in [0.1, 0.15) is 5.70 Å².